The minimum absolute atomic E-state index is 0.0569. The summed E-state index contributed by atoms with van der Waals surface area (Å²) in [6, 6.07) is 10.2. The molecule has 0 aliphatic carbocycles. The van der Waals surface area contributed by atoms with Crippen LogP contribution < -0.4 is 5.73 Å². The summed E-state index contributed by atoms with van der Waals surface area (Å²) in [6.45, 7) is 4.20. The molecule has 86 valence electrons. The van der Waals surface area contributed by atoms with Crippen LogP contribution in [-0.4, -0.2) is 0 Å². The fourth-order valence-corrected chi connectivity index (χ4v) is 1.98. The number of terminal acetylenes is 1. The van der Waals surface area contributed by atoms with Crippen LogP contribution >= 0.6 is 0 Å². The molecule has 2 unspecified atom stereocenters. The van der Waals surface area contributed by atoms with E-state index in [9.17, 15) is 0 Å². The zero-order valence-electron chi connectivity index (χ0n) is 10.2. The summed E-state index contributed by atoms with van der Waals surface area (Å²) >= 11 is 0. The molecule has 0 saturated carbocycles. The van der Waals surface area contributed by atoms with Crippen LogP contribution in [0.15, 0.2) is 30.3 Å². The van der Waals surface area contributed by atoms with Gasteiger partial charge in [-0.2, -0.15) is 0 Å². The molecule has 0 aliphatic heterocycles. The predicted molar refractivity (Wildman–Crippen MR) is 69.8 cm³/mol. The van der Waals surface area contributed by atoms with Crippen molar-refractivity contribution in [1.82, 2.24) is 0 Å². The van der Waals surface area contributed by atoms with Crippen LogP contribution in [0.1, 0.15) is 38.7 Å². The highest BCUT2D eigenvalue weighted by Gasteiger charge is 2.31. The van der Waals surface area contributed by atoms with Gasteiger partial charge in [0, 0.05) is 5.92 Å². The van der Waals surface area contributed by atoms with Crippen molar-refractivity contribution in [2.45, 2.75) is 38.6 Å². The van der Waals surface area contributed by atoms with Gasteiger partial charge in [0.1, 0.15) is 0 Å². The molecule has 16 heavy (non-hydrogen) atoms. The van der Waals surface area contributed by atoms with Crippen LogP contribution in [0.25, 0.3) is 0 Å². The van der Waals surface area contributed by atoms with Crippen LogP contribution in [0.3, 0.4) is 0 Å². The van der Waals surface area contributed by atoms with Crippen molar-refractivity contribution in [3.63, 3.8) is 0 Å². The van der Waals surface area contributed by atoms with Crippen LogP contribution in [0.4, 0.5) is 0 Å². The fraction of sp³-hybridized carbons (Fsp3) is 0.467. The van der Waals surface area contributed by atoms with E-state index in [0.717, 1.165) is 24.8 Å². The maximum atomic E-state index is 6.52. The van der Waals surface area contributed by atoms with E-state index in [1.165, 1.54) is 0 Å². The summed E-state index contributed by atoms with van der Waals surface area (Å²) in [7, 11) is 0. The Labute approximate surface area is 99.1 Å². The second kappa shape index (κ2) is 5.72. The first-order valence-electron chi connectivity index (χ1n) is 5.95. The number of nitrogens with two attached hydrogens (primary N) is 1. The highest BCUT2D eigenvalue weighted by Crippen LogP contribution is 2.31. The first-order chi connectivity index (χ1) is 7.65. The summed E-state index contributed by atoms with van der Waals surface area (Å²) < 4.78 is 0. The van der Waals surface area contributed by atoms with Gasteiger partial charge in [0.2, 0.25) is 0 Å². The van der Waals surface area contributed by atoms with Gasteiger partial charge in [0.25, 0.3) is 0 Å². The van der Waals surface area contributed by atoms with Crippen LogP contribution in [0.2, 0.25) is 0 Å². The van der Waals surface area contributed by atoms with Gasteiger partial charge in [-0.15, -0.1) is 12.3 Å². The second-order valence-electron chi connectivity index (χ2n) is 4.40. The van der Waals surface area contributed by atoms with Gasteiger partial charge >= 0.3 is 0 Å². The minimum atomic E-state index is -0.383. The third-order valence-corrected chi connectivity index (χ3v) is 3.28. The van der Waals surface area contributed by atoms with Crippen molar-refractivity contribution in [2.24, 2.45) is 11.7 Å². The lowest BCUT2D eigenvalue weighted by Crippen LogP contribution is -2.42. The summed E-state index contributed by atoms with van der Waals surface area (Å²) in [5.74, 6) is 2.84. The molecule has 1 rings (SSSR count). The maximum absolute atomic E-state index is 6.52. The average Bonchev–Trinajstić information content (AvgIpc) is 2.36. The Morgan fingerprint density at radius 1 is 1.38 bits per heavy atom. The Kier molecular flexibility index (Phi) is 4.58. The number of hydrogen-bond donors (Lipinski definition) is 1. The van der Waals surface area contributed by atoms with Gasteiger partial charge in [0.05, 0.1) is 5.54 Å². The molecule has 2 N–H and O–H groups in total. The van der Waals surface area contributed by atoms with Crippen molar-refractivity contribution in [3.8, 4) is 12.3 Å². The molecule has 1 heteroatoms. The van der Waals surface area contributed by atoms with E-state index in [2.05, 4.69) is 25.0 Å². The van der Waals surface area contributed by atoms with E-state index in [1.807, 2.05) is 25.1 Å². The quantitative estimate of drug-likeness (QED) is 0.749. The first kappa shape index (κ1) is 12.8. The molecule has 0 saturated heterocycles. The molecule has 1 nitrogen and oxygen atoms in total. The third kappa shape index (κ3) is 2.65. The van der Waals surface area contributed by atoms with Gasteiger partial charge in [0.15, 0.2) is 0 Å². The Hall–Kier alpha value is -1.26. The van der Waals surface area contributed by atoms with Gasteiger partial charge in [-0.1, -0.05) is 50.1 Å². The lowest BCUT2D eigenvalue weighted by Gasteiger charge is -2.33. The minimum Gasteiger partial charge on any atom is -0.320 e. The largest absolute Gasteiger partial charge is 0.320 e. The standard InChI is InChI=1S/C15H21N/c1-4-6-12-15(16,13(3)5-2)14-10-8-7-9-11-14/h2,7-11,13H,4,6,12,16H2,1,3H3. The van der Waals surface area contributed by atoms with Crippen LogP contribution in [-0.2, 0) is 5.54 Å². The molecule has 0 bridgehead atoms. The van der Waals surface area contributed by atoms with E-state index >= 15 is 0 Å². The summed E-state index contributed by atoms with van der Waals surface area (Å²) in [5, 5.41) is 0. The Morgan fingerprint density at radius 2 is 2.00 bits per heavy atom. The fourth-order valence-electron chi connectivity index (χ4n) is 1.98. The van der Waals surface area contributed by atoms with Gasteiger partial charge in [-0.05, 0) is 18.9 Å². The van der Waals surface area contributed by atoms with Crippen molar-refractivity contribution in [2.75, 3.05) is 0 Å². The Bertz CT molecular complexity index is 349. The first-order valence-corrected chi connectivity index (χ1v) is 5.95. The maximum Gasteiger partial charge on any atom is 0.0546 e. The lowest BCUT2D eigenvalue weighted by atomic mass is 9.76. The van der Waals surface area contributed by atoms with Gasteiger partial charge in [-0.3, -0.25) is 0 Å². The van der Waals surface area contributed by atoms with E-state index in [0.29, 0.717) is 0 Å². The normalized spacial score (nSPS) is 16.1. The summed E-state index contributed by atoms with van der Waals surface area (Å²) in [5.41, 5.74) is 7.28. The second-order valence-corrected chi connectivity index (χ2v) is 4.40. The molecular weight excluding hydrogens is 194 g/mol. The lowest BCUT2D eigenvalue weighted by molar-refractivity contribution is 0.321. The number of hydrogen-bond acceptors (Lipinski definition) is 1. The van der Waals surface area contributed by atoms with Crippen molar-refractivity contribution in [3.05, 3.63) is 35.9 Å². The third-order valence-electron chi connectivity index (χ3n) is 3.28. The Morgan fingerprint density at radius 3 is 2.50 bits per heavy atom. The molecule has 0 heterocycles. The van der Waals surface area contributed by atoms with Crippen molar-refractivity contribution < 1.29 is 0 Å². The molecule has 0 fully saturated rings. The van der Waals surface area contributed by atoms with Gasteiger partial charge < -0.3 is 5.73 Å². The molecule has 2 atom stereocenters. The molecule has 0 spiro atoms. The van der Waals surface area contributed by atoms with E-state index < -0.39 is 0 Å². The van der Waals surface area contributed by atoms with Crippen LogP contribution in [0, 0.1) is 18.3 Å². The highest BCUT2D eigenvalue weighted by molar-refractivity contribution is 5.27. The molecule has 0 amide bonds. The monoisotopic (exact) mass is 215 g/mol. The summed E-state index contributed by atoms with van der Waals surface area (Å²) in [4.78, 5) is 0. The SMILES string of the molecule is C#CC(C)C(N)(CCCC)c1ccccc1. The molecule has 1 aromatic rings. The average molecular weight is 215 g/mol. The van der Waals surface area contributed by atoms with E-state index in [-0.39, 0.29) is 11.5 Å². The van der Waals surface area contributed by atoms with Crippen LogP contribution in [0.5, 0.6) is 0 Å². The zero-order chi connectivity index (χ0) is 12.0. The van der Waals surface area contributed by atoms with E-state index in [1.54, 1.807) is 0 Å². The van der Waals surface area contributed by atoms with Gasteiger partial charge in [-0.25, -0.2) is 0 Å². The van der Waals surface area contributed by atoms with Crippen molar-refractivity contribution >= 4 is 0 Å². The number of benzene rings is 1. The Balaban J connectivity index is 3.00. The van der Waals surface area contributed by atoms with E-state index in [4.69, 9.17) is 12.2 Å². The zero-order valence-corrected chi connectivity index (χ0v) is 10.2. The molecule has 0 aromatic heterocycles. The number of rotatable bonds is 5. The molecule has 1 aromatic carbocycles. The summed E-state index contributed by atoms with van der Waals surface area (Å²) in [6.07, 6.45) is 8.73. The topological polar surface area (TPSA) is 26.0 Å². The number of unbranched alkanes of at least 4 members (excludes halogenated alkanes) is 1. The predicted octanol–water partition coefficient (Wildman–Crippen LogP) is 3.30. The molecule has 0 radical (unpaired) electrons. The molecular formula is C15H21N. The molecule has 0 aliphatic rings. The smallest absolute Gasteiger partial charge is 0.0546 e. The highest BCUT2D eigenvalue weighted by atomic mass is 14.8. The van der Waals surface area contributed by atoms with Crippen molar-refractivity contribution in [1.29, 1.82) is 0 Å².